The van der Waals surface area contributed by atoms with Crippen molar-refractivity contribution in [1.82, 2.24) is 9.88 Å². The Morgan fingerprint density at radius 1 is 1.43 bits per heavy atom. The summed E-state index contributed by atoms with van der Waals surface area (Å²) < 4.78 is 0. The third-order valence-electron chi connectivity index (χ3n) is 4.43. The Bertz CT molecular complexity index is 618. The highest BCUT2D eigenvalue weighted by molar-refractivity contribution is 5.78. The molecular formula is C19H28N4. The number of nitrogens with one attached hydrogen (secondary N) is 2. The highest BCUT2D eigenvalue weighted by Gasteiger charge is 2.22. The fraction of sp³-hybridized carbons (Fsp3) is 0.421. The van der Waals surface area contributed by atoms with Crippen molar-refractivity contribution in [3.63, 3.8) is 0 Å². The second kappa shape index (κ2) is 7.36. The van der Waals surface area contributed by atoms with Gasteiger partial charge in [-0.25, -0.2) is 4.98 Å². The molecule has 1 saturated heterocycles. The van der Waals surface area contributed by atoms with E-state index in [9.17, 15) is 0 Å². The van der Waals surface area contributed by atoms with Crippen LogP contribution in [0.2, 0.25) is 0 Å². The van der Waals surface area contributed by atoms with Gasteiger partial charge in [0.15, 0.2) is 0 Å². The molecule has 2 N–H and O–H groups in total. The molecule has 0 radical (unpaired) electrons. The van der Waals surface area contributed by atoms with Gasteiger partial charge in [0.25, 0.3) is 0 Å². The summed E-state index contributed by atoms with van der Waals surface area (Å²) in [5.41, 5.74) is 5.37. The molecule has 1 atom stereocenters. The van der Waals surface area contributed by atoms with Crippen LogP contribution in [0.3, 0.4) is 0 Å². The maximum atomic E-state index is 4.48. The molecule has 0 saturated carbocycles. The highest BCUT2D eigenvalue weighted by Crippen LogP contribution is 2.31. The van der Waals surface area contributed by atoms with E-state index >= 15 is 0 Å². The van der Waals surface area contributed by atoms with Gasteiger partial charge in [0.2, 0.25) is 0 Å². The van der Waals surface area contributed by atoms with E-state index in [1.54, 1.807) is 0 Å². The van der Waals surface area contributed by atoms with Crippen LogP contribution < -0.4 is 10.6 Å². The average Bonchev–Trinajstić information content (AvgIpc) is 2.55. The van der Waals surface area contributed by atoms with Gasteiger partial charge < -0.3 is 15.5 Å². The molecule has 0 aliphatic carbocycles. The molecule has 1 aromatic rings. The van der Waals surface area contributed by atoms with Crippen molar-refractivity contribution < 1.29 is 0 Å². The van der Waals surface area contributed by atoms with Gasteiger partial charge in [-0.1, -0.05) is 19.7 Å². The molecule has 0 bridgehead atoms. The Hall–Kier alpha value is -2.23. The molecule has 1 unspecified atom stereocenters. The lowest BCUT2D eigenvalue weighted by atomic mass is 10.0. The number of likely N-dealkylation sites (tertiary alicyclic amines) is 1. The summed E-state index contributed by atoms with van der Waals surface area (Å²) in [6.07, 6.45) is 6.02. The monoisotopic (exact) mass is 312 g/mol. The molecule has 4 heteroatoms. The van der Waals surface area contributed by atoms with Gasteiger partial charge in [-0.05, 0) is 38.3 Å². The molecule has 4 nitrogen and oxygen atoms in total. The maximum Gasteiger partial charge on any atom is 0.130 e. The SMILES string of the molecule is C=CC(=C)N1CCCC(Nc2c(C(=C)C)cnc(NC)c2C)C1. The molecule has 124 valence electrons. The normalized spacial score (nSPS) is 17.5. The minimum Gasteiger partial charge on any atom is -0.380 e. The third-order valence-corrected chi connectivity index (χ3v) is 4.43. The zero-order valence-corrected chi connectivity index (χ0v) is 14.6. The second-order valence-corrected chi connectivity index (χ2v) is 6.18. The zero-order valence-electron chi connectivity index (χ0n) is 14.6. The van der Waals surface area contributed by atoms with Crippen molar-refractivity contribution in [2.45, 2.75) is 32.7 Å². The van der Waals surface area contributed by atoms with Crippen LogP contribution >= 0.6 is 0 Å². The topological polar surface area (TPSA) is 40.2 Å². The number of piperidine rings is 1. The second-order valence-electron chi connectivity index (χ2n) is 6.18. The van der Waals surface area contributed by atoms with Gasteiger partial charge in [-0.2, -0.15) is 0 Å². The fourth-order valence-electron chi connectivity index (χ4n) is 3.06. The number of nitrogens with zero attached hydrogens (tertiary/aromatic N) is 2. The molecule has 2 heterocycles. The smallest absolute Gasteiger partial charge is 0.130 e. The van der Waals surface area contributed by atoms with Gasteiger partial charge in [0.05, 0.1) is 5.69 Å². The number of rotatable bonds is 6. The van der Waals surface area contributed by atoms with Crippen LogP contribution in [0, 0.1) is 6.92 Å². The first-order valence-corrected chi connectivity index (χ1v) is 8.14. The first kappa shape index (κ1) is 17.1. The standard InChI is InChI=1S/C19H28N4/c1-7-14(4)23-10-8-9-16(12-23)22-18-15(5)19(20-6)21-11-17(18)13(2)3/h7,11,16H,1-2,4,8-10,12H2,3,5-6H3,(H2,20,21,22). The Labute approximate surface area is 140 Å². The van der Waals surface area contributed by atoms with Gasteiger partial charge in [-0.15, -0.1) is 0 Å². The van der Waals surface area contributed by atoms with Crippen LogP contribution in [0.25, 0.3) is 5.57 Å². The van der Waals surface area contributed by atoms with Gasteiger partial charge in [0.1, 0.15) is 5.82 Å². The van der Waals surface area contributed by atoms with Crippen LogP contribution in [0.15, 0.2) is 37.7 Å². The summed E-state index contributed by atoms with van der Waals surface area (Å²) >= 11 is 0. The van der Waals surface area contributed by atoms with E-state index in [1.807, 2.05) is 26.2 Å². The van der Waals surface area contributed by atoms with Gasteiger partial charge >= 0.3 is 0 Å². The third kappa shape index (κ3) is 3.76. The van der Waals surface area contributed by atoms with Crippen LogP contribution in [0.1, 0.15) is 30.9 Å². The zero-order chi connectivity index (χ0) is 17.0. The first-order chi connectivity index (χ1) is 11.0. The van der Waals surface area contributed by atoms with E-state index in [2.05, 4.69) is 47.2 Å². The first-order valence-electron chi connectivity index (χ1n) is 8.14. The minimum atomic E-state index is 0.379. The van der Waals surface area contributed by atoms with E-state index in [0.29, 0.717) is 6.04 Å². The van der Waals surface area contributed by atoms with E-state index in [4.69, 9.17) is 0 Å². The van der Waals surface area contributed by atoms with Crippen molar-refractivity contribution in [2.75, 3.05) is 30.8 Å². The molecular weight excluding hydrogens is 284 g/mol. The number of hydrogen-bond donors (Lipinski definition) is 2. The summed E-state index contributed by atoms with van der Waals surface area (Å²) in [4.78, 5) is 6.77. The van der Waals surface area contributed by atoms with E-state index in [1.165, 1.54) is 0 Å². The molecule has 0 aromatic carbocycles. The number of allylic oxidation sites excluding steroid dienone is 2. The molecule has 0 spiro atoms. The van der Waals surface area contributed by atoms with Crippen LogP contribution in [-0.2, 0) is 0 Å². The average molecular weight is 312 g/mol. The molecule has 1 aliphatic rings. The van der Waals surface area contributed by atoms with Crippen LogP contribution in [-0.4, -0.2) is 36.1 Å². The summed E-state index contributed by atoms with van der Waals surface area (Å²) in [5.74, 6) is 0.903. The lowest BCUT2D eigenvalue weighted by Gasteiger charge is -2.36. The Morgan fingerprint density at radius 2 is 2.17 bits per heavy atom. The molecule has 0 amide bonds. The highest BCUT2D eigenvalue weighted by atomic mass is 15.2. The number of pyridine rings is 1. The van der Waals surface area contributed by atoms with E-state index in [-0.39, 0.29) is 0 Å². The predicted octanol–water partition coefficient (Wildman–Crippen LogP) is 4.04. The summed E-state index contributed by atoms with van der Waals surface area (Å²) in [6.45, 7) is 18.1. The van der Waals surface area contributed by atoms with Gasteiger partial charge in [0, 0.05) is 49.2 Å². The quantitative estimate of drug-likeness (QED) is 0.778. The maximum absolute atomic E-state index is 4.48. The van der Waals surface area contributed by atoms with Crippen molar-refractivity contribution >= 4 is 17.1 Å². The van der Waals surface area contributed by atoms with E-state index in [0.717, 1.165) is 59.8 Å². The Kier molecular flexibility index (Phi) is 5.48. The summed E-state index contributed by atoms with van der Waals surface area (Å²) in [7, 11) is 1.90. The van der Waals surface area contributed by atoms with Crippen molar-refractivity contribution in [2.24, 2.45) is 0 Å². The largest absolute Gasteiger partial charge is 0.380 e. The number of anilines is 2. The molecule has 1 fully saturated rings. The molecule has 1 aromatic heterocycles. The minimum absolute atomic E-state index is 0.379. The molecule has 2 rings (SSSR count). The van der Waals surface area contributed by atoms with Gasteiger partial charge in [-0.3, -0.25) is 0 Å². The fourth-order valence-corrected chi connectivity index (χ4v) is 3.06. The predicted molar refractivity (Wildman–Crippen MR) is 101 cm³/mol. The van der Waals surface area contributed by atoms with Crippen molar-refractivity contribution in [3.8, 4) is 0 Å². The summed E-state index contributed by atoms with van der Waals surface area (Å²) in [6, 6.07) is 0.379. The van der Waals surface area contributed by atoms with Crippen LogP contribution in [0.5, 0.6) is 0 Å². The summed E-state index contributed by atoms with van der Waals surface area (Å²) in [5, 5.41) is 6.88. The molecule has 23 heavy (non-hydrogen) atoms. The van der Waals surface area contributed by atoms with Crippen molar-refractivity contribution in [3.05, 3.63) is 48.8 Å². The lowest BCUT2D eigenvalue weighted by Crippen LogP contribution is -2.41. The van der Waals surface area contributed by atoms with Crippen molar-refractivity contribution in [1.29, 1.82) is 0 Å². The number of hydrogen-bond acceptors (Lipinski definition) is 4. The lowest BCUT2D eigenvalue weighted by molar-refractivity contribution is 0.277. The van der Waals surface area contributed by atoms with E-state index < -0.39 is 0 Å². The Balaban J connectivity index is 2.26. The van der Waals surface area contributed by atoms with Crippen LogP contribution in [0.4, 0.5) is 11.5 Å². The Morgan fingerprint density at radius 3 is 2.78 bits per heavy atom. The molecule has 1 aliphatic heterocycles. The number of aromatic nitrogens is 1.